The lowest BCUT2D eigenvalue weighted by molar-refractivity contribution is 0.562. The largest absolute Gasteiger partial charge is 0.235 e. The van der Waals surface area contributed by atoms with E-state index in [1.54, 1.807) is 6.07 Å². The van der Waals surface area contributed by atoms with Gasteiger partial charge in [0.1, 0.15) is 0 Å². The summed E-state index contributed by atoms with van der Waals surface area (Å²) in [5, 5.41) is 0.700. The highest BCUT2D eigenvalue weighted by atomic mass is 35.5. The highest BCUT2D eigenvalue weighted by Gasteiger charge is 1.96. The average Bonchev–Trinajstić information content (AvgIpc) is 2.03. The van der Waals surface area contributed by atoms with Crippen molar-refractivity contribution in [2.45, 2.75) is 13.5 Å². The minimum Gasteiger partial charge on any atom is -0.211 e. The molecule has 0 N–H and O–H groups in total. The van der Waals surface area contributed by atoms with E-state index in [-0.39, 0.29) is 0 Å². The van der Waals surface area contributed by atoms with E-state index in [1.165, 1.54) is 6.08 Å². The SMILES string of the molecule is Cc1cc(Cl)ccc1CN=C=O. The molecule has 0 radical (unpaired) electrons. The van der Waals surface area contributed by atoms with Crippen LogP contribution in [-0.2, 0) is 11.3 Å². The summed E-state index contributed by atoms with van der Waals surface area (Å²) in [6.45, 7) is 2.31. The molecule has 0 heterocycles. The van der Waals surface area contributed by atoms with Crippen molar-refractivity contribution in [3.8, 4) is 0 Å². The second-order valence-corrected chi connectivity index (χ2v) is 2.91. The summed E-state index contributed by atoms with van der Waals surface area (Å²) in [7, 11) is 0. The number of carbonyl (C=O) groups excluding carboxylic acids is 1. The number of aliphatic imine (C=N–C) groups is 1. The fraction of sp³-hybridized carbons (Fsp3) is 0.222. The molecule has 0 saturated carbocycles. The minimum atomic E-state index is 0.381. The first kappa shape index (κ1) is 8.98. The summed E-state index contributed by atoms with van der Waals surface area (Å²) in [6, 6.07) is 5.49. The van der Waals surface area contributed by atoms with Gasteiger partial charge in [-0.2, -0.15) is 0 Å². The third-order valence-electron chi connectivity index (χ3n) is 1.62. The monoisotopic (exact) mass is 181 g/mol. The Morgan fingerprint density at radius 2 is 2.33 bits per heavy atom. The van der Waals surface area contributed by atoms with Crippen LogP contribution in [0.25, 0.3) is 0 Å². The molecule has 0 aliphatic rings. The Morgan fingerprint density at radius 1 is 1.58 bits per heavy atom. The van der Waals surface area contributed by atoms with Gasteiger partial charge in [0.25, 0.3) is 0 Å². The number of nitrogens with zero attached hydrogens (tertiary/aromatic N) is 1. The molecule has 1 rings (SSSR count). The van der Waals surface area contributed by atoms with Crippen LogP contribution >= 0.6 is 11.6 Å². The summed E-state index contributed by atoms with van der Waals surface area (Å²) < 4.78 is 0. The Labute approximate surface area is 75.9 Å². The van der Waals surface area contributed by atoms with E-state index in [0.29, 0.717) is 11.6 Å². The van der Waals surface area contributed by atoms with Crippen LogP contribution < -0.4 is 0 Å². The summed E-state index contributed by atoms with van der Waals surface area (Å²) in [4.78, 5) is 13.3. The molecule has 1 aromatic rings. The van der Waals surface area contributed by atoms with Gasteiger partial charge in [0.2, 0.25) is 6.08 Å². The quantitative estimate of drug-likeness (QED) is 0.509. The third kappa shape index (κ3) is 2.19. The number of rotatable bonds is 2. The van der Waals surface area contributed by atoms with Gasteiger partial charge in [0.15, 0.2) is 0 Å². The standard InChI is InChI=1S/C9H8ClNO/c1-7-4-9(10)3-2-8(7)5-11-6-12/h2-4H,5H2,1H3. The lowest BCUT2D eigenvalue weighted by Gasteiger charge is -2.00. The molecule has 0 unspecified atom stereocenters. The summed E-state index contributed by atoms with van der Waals surface area (Å²) >= 11 is 5.74. The highest BCUT2D eigenvalue weighted by molar-refractivity contribution is 6.30. The molecule has 0 atom stereocenters. The Bertz CT molecular complexity index is 329. The minimum absolute atomic E-state index is 0.381. The highest BCUT2D eigenvalue weighted by Crippen LogP contribution is 2.15. The van der Waals surface area contributed by atoms with Crippen molar-refractivity contribution < 1.29 is 4.79 Å². The maximum Gasteiger partial charge on any atom is 0.235 e. The van der Waals surface area contributed by atoms with Crippen molar-refractivity contribution >= 4 is 17.7 Å². The lowest BCUT2D eigenvalue weighted by Crippen LogP contribution is -1.85. The molecule has 12 heavy (non-hydrogen) atoms. The van der Waals surface area contributed by atoms with Crippen LogP contribution in [-0.4, -0.2) is 6.08 Å². The number of isocyanates is 1. The average molecular weight is 182 g/mol. The van der Waals surface area contributed by atoms with E-state index in [0.717, 1.165) is 11.1 Å². The van der Waals surface area contributed by atoms with Gasteiger partial charge < -0.3 is 0 Å². The maximum atomic E-state index is 9.84. The van der Waals surface area contributed by atoms with Gasteiger partial charge in [0.05, 0.1) is 6.54 Å². The van der Waals surface area contributed by atoms with Gasteiger partial charge in [-0.05, 0) is 30.2 Å². The first-order chi connectivity index (χ1) is 5.74. The topological polar surface area (TPSA) is 29.4 Å². The van der Waals surface area contributed by atoms with Crippen LogP contribution in [0, 0.1) is 6.92 Å². The number of hydrogen-bond donors (Lipinski definition) is 0. The van der Waals surface area contributed by atoms with Gasteiger partial charge in [-0.3, -0.25) is 0 Å². The summed E-state index contributed by atoms with van der Waals surface area (Å²) in [5.74, 6) is 0. The molecule has 3 heteroatoms. The molecule has 0 saturated heterocycles. The van der Waals surface area contributed by atoms with Gasteiger partial charge in [0, 0.05) is 5.02 Å². The van der Waals surface area contributed by atoms with Gasteiger partial charge >= 0.3 is 0 Å². The van der Waals surface area contributed by atoms with E-state index < -0.39 is 0 Å². The Hall–Kier alpha value is -1.11. The van der Waals surface area contributed by atoms with Gasteiger partial charge in [-0.15, -0.1) is 0 Å². The van der Waals surface area contributed by atoms with Crippen LogP contribution in [0.3, 0.4) is 0 Å². The molecular weight excluding hydrogens is 174 g/mol. The fourth-order valence-corrected chi connectivity index (χ4v) is 1.18. The van der Waals surface area contributed by atoms with Crippen LogP contribution in [0.5, 0.6) is 0 Å². The van der Waals surface area contributed by atoms with Crippen molar-refractivity contribution in [2.75, 3.05) is 0 Å². The number of halogens is 1. The van der Waals surface area contributed by atoms with E-state index >= 15 is 0 Å². The molecule has 0 bridgehead atoms. The predicted octanol–water partition coefficient (Wildman–Crippen LogP) is 2.48. The Kier molecular flexibility index (Phi) is 3.03. The molecule has 0 aliphatic carbocycles. The number of aryl methyl sites for hydroxylation is 1. The zero-order valence-corrected chi connectivity index (χ0v) is 7.43. The summed E-state index contributed by atoms with van der Waals surface area (Å²) in [6.07, 6.45) is 1.50. The van der Waals surface area contributed by atoms with Crippen molar-refractivity contribution in [3.63, 3.8) is 0 Å². The van der Waals surface area contributed by atoms with Crippen LogP contribution in [0.2, 0.25) is 5.02 Å². The Balaban J connectivity index is 2.93. The van der Waals surface area contributed by atoms with E-state index in [1.807, 2.05) is 19.1 Å². The molecule has 0 spiro atoms. The van der Waals surface area contributed by atoms with Crippen molar-refractivity contribution in [3.05, 3.63) is 34.3 Å². The predicted molar refractivity (Wildman–Crippen MR) is 48.0 cm³/mol. The lowest BCUT2D eigenvalue weighted by atomic mass is 10.1. The second kappa shape index (κ2) is 4.05. The normalized spacial score (nSPS) is 9.17. The van der Waals surface area contributed by atoms with Crippen LogP contribution in [0.4, 0.5) is 0 Å². The molecule has 0 fully saturated rings. The first-order valence-corrected chi connectivity index (χ1v) is 3.90. The molecule has 0 aliphatic heterocycles. The smallest absolute Gasteiger partial charge is 0.211 e. The van der Waals surface area contributed by atoms with E-state index in [4.69, 9.17) is 11.6 Å². The van der Waals surface area contributed by atoms with E-state index in [9.17, 15) is 4.79 Å². The Morgan fingerprint density at radius 3 is 2.92 bits per heavy atom. The fourth-order valence-electron chi connectivity index (χ4n) is 0.954. The van der Waals surface area contributed by atoms with Crippen LogP contribution in [0.1, 0.15) is 11.1 Å². The molecular formula is C9H8ClNO. The molecule has 0 amide bonds. The molecule has 1 aromatic carbocycles. The molecule has 2 nitrogen and oxygen atoms in total. The van der Waals surface area contributed by atoms with Crippen LogP contribution in [0.15, 0.2) is 23.2 Å². The van der Waals surface area contributed by atoms with Gasteiger partial charge in [-0.25, -0.2) is 9.79 Å². The molecule has 62 valence electrons. The maximum absolute atomic E-state index is 9.84. The first-order valence-electron chi connectivity index (χ1n) is 3.52. The van der Waals surface area contributed by atoms with Crippen molar-refractivity contribution in [1.82, 2.24) is 0 Å². The van der Waals surface area contributed by atoms with E-state index in [2.05, 4.69) is 4.99 Å². The van der Waals surface area contributed by atoms with Gasteiger partial charge in [-0.1, -0.05) is 17.7 Å². The number of benzene rings is 1. The molecule has 0 aromatic heterocycles. The summed E-state index contributed by atoms with van der Waals surface area (Å²) in [5.41, 5.74) is 2.05. The van der Waals surface area contributed by atoms with Crippen molar-refractivity contribution in [1.29, 1.82) is 0 Å². The second-order valence-electron chi connectivity index (χ2n) is 2.48. The third-order valence-corrected chi connectivity index (χ3v) is 1.85. The number of hydrogen-bond acceptors (Lipinski definition) is 2. The zero-order valence-electron chi connectivity index (χ0n) is 6.67. The van der Waals surface area contributed by atoms with Crippen molar-refractivity contribution in [2.24, 2.45) is 4.99 Å². The zero-order chi connectivity index (χ0) is 8.97.